The first-order valence-electron chi connectivity index (χ1n) is 5.75. The molecule has 3 heteroatoms. The fourth-order valence-corrected chi connectivity index (χ4v) is 1.58. The van der Waals surface area contributed by atoms with Crippen molar-refractivity contribution < 1.29 is 9.53 Å². The largest absolute Gasteiger partial charge is 0.494 e. The number of hydrogen-bond donors (Lipinski definition) is 0. The third-order valence-electron chi connectivity index (χ3n) is 2.44. The Morgan fingerprint density at radius 3 is 2.50 bits per heavy atom. The van der Waals surface area contributed by atoms with E-state index in [2.05, 4.69) is 0 Å². The summed E-state index contributed by atoms with van der Waals surface area (Å²) in [5.74, 6) is 0.812. The molecule has 1 rings (SSSR count). The summed E-state index contributed by atoms with van der Waals surface area (Å²) in [6, 6.07) is 7.33. The Balaban J connectivity index is 2.86. The summed E-state index contributed by atoms with van der Waals surface area (Å²) in [5.41, 5.74) is 0.689. The lowest BCUT2D eigenvalue weighted by Crippen LogP contribution is -2.30. The summed E-state index contributed by atoms with van der Waals surface area (Å²) < 4.78 is 5.37. The van der Waals surface area contributed by atoms with E-state index >= 15 is 0 Å². The molecule has 1 aromatic rings. The van der Waals surface area contributed by atoms with Crippen LogP contribution in [0, 0.1) is 0 Å². The quantitative estimate of drug-likeness (QED) is 0.764. The second-order valence-electron chi connectivity index (χ2n) is 3.44. The molecule has 88 valence electrons. The fraction of sp³-hybridized carbons (Fsp3) is 0.462. The zero-order chi connectivity index (χ0) is 12.0. The van der Waals surface area contributed by atoms with E-state index in [1.165, 1.54) is 0 Å². The maximum Gasteiger partial charge on any atom is 0.253 e. The first-order valence-corrected chi connectivity index (χ1v) is 5.75. The average molecular weight is 221 g/mol. The third kappa shape index (κ3) is 2.99. The number of rotatable bonds is 5. The Hall–Kier alpha value is -1.51. The molecule has 0 spiro atoms. The minimum absolute atomic E-state index is 0.0616. The summed E-state index contributed by atoms with van der Waals surface area (Å²) in [6.07, 6.45) is 0. The van der Waals surface area contributed by atoms with E-state index in [9.17, 15) is 4.79 Å². The molecule has 0 atom stereocenters. The number of carbonyl (C=O) groups is 1. The second kappa shape index (κ2) is 6.16. The Labute approximate surface area is 97.0 Å². The molecule has 1 amide bonds. The monoisotopic (exact) mass is 221 g/mol. The highest BCUT2D eigenvalue weighted by molar-refractivity contribution is 5.94. The Bertz CT molecular complexity index is 346. The molecular weight excluding hydrogens is 202 g/mol. The van der Waals surface area contributed by atoms with Crippen molar-refractivity contribution >= 4 is 5.91 Å². The van der Waals surface area contributed by atoms with Gasteiger partial charge in [0.25, 0.3) is 5.91 Å². The summed E-state index contributed by atoms with van der Waals surface area (Å²) >= 11 is 0. The van der Waals surface area contributed by atoms with Gasteiger partial charge >= 0.3 is 0 Å². The van der Waals surface area contributed by atoms with Crippen LogP contribution in [0.5, 0.6) is 5.75 Å². The van der Waals surface area contributed by atoms with Gasteiger partial charge in [-0.3, -0.25) is 4.79 Å². The van der Waals surface area contributed by atoms with Crippen LogP contribution in [0.4, 0.5) is 0 Å². The number of benzene rings is 1. The van der Waals surface area contributed by atoms with E-state index in [0.29, 0.717) is 12.2 Å². The molecule has 0 aliphatic heterocycles. The van der Waals surface area contributed by atoms with Crippen molar-refractivity contribution in [3.8, 4) is 5.75 Å². The SMILES string of the molecule is CCOc1cccc(C(=O)N(CC)CC)c1. The predicted octanol–water partition coefficient (Wildman–Crippen LogP) is 2.57. The number of amides is 1. The molecule has 0 bridgehead atoms. The van der Waals surface area contributed by atoms with Crippen LogP contribution in [0.25, 0.3) is 0 Å². The lowest BCUT2D eigenvalue weighted by molar-refractivity contribution is 0.0772. The van der Waals surface area contributed by atoms with Gasteiger partial charge in [-0.25, -0.2) is 0 Å². The number of hydrogen-bond acceptors (Lipinski definition) is 2. The molecule has 0 radical (unpaired) electrons. The van der Waals surface area contributed by atoms with Crippen LogP contribution in [0.15, 0.2) is 24.3 Å². The van der Waals surface area contributed by atoms with Crippen molar-refractivity contribution in [1.82, 2.24) is 4.90 Å². The van der Waals surface area contributed by atoms with Crippen molar-refractivity contribution in [2.45, 2.75) is 20.8 Å². The van der Waals surface area contributed by atoms with Gasteiger partial charge in [0.1, 0.15) is 5.75 Å². The highest BCUT2D eigenvalue weighted by Gasteiger charge is 2.12. The molecule has 0 fully saturated rings. The fourth-order valence-electron chi connectivity index (χ4n) is 1.58. The highest BCUT2D eigenvalue weighted by Crippen LogP contribution is 2.14. The Morgan fingerprint density at radius 2 is 1.94 bits per heavy atom. The van der Waals surface area contributed by atoms with Crippen LogP contribution in [0.3, 0.4) is 0 Å². The Morgan fingerprint density at radius 1 is 1.25 bits per heavy atom. The van der Waals surface area contributed by atoms with Gasteiger partial charge in [0.05, 0.1) is 6.61 Å². The van der Waals surface area contributed by atoms with Gasteiger partial charge in [-0.2, -0.15) is 0 Å². The highest BCUT2D eigenvalue weighted by atomic mass is 16.5. The van der Waals surface area contributed by atoms with Crippen LogP contribution < -0.4 is 4.74 Å². The molecule has 0 saturated heterocycles. The molecule has 0 N–H and O–H groups in total. The molecule has 0 saturated carbocycles. The maximum atomic E-state index is 12.0. The second-order valence-corrected chi connectivity index (χ2v) is 3.44. The molecule has 0 unspecified atom stereocenters. The normalized spacial score (nSPS) is 9.94. The number of carbonyl (C=O) groups excluding carboxylic acids is 1. The summed E-state index contributed by atoms with van der Waals surface area (Å²) in [5, 5.41) is 0. The van der Waals surface area contributed by atoms with Gasteiger partial charge in [0.15, 0.2) is 0 Å². The van der Waals surface area contributed by atoms with E-state index < -0.39 is 0 Å². The van der Waals surface area contributed by atoms with E-state index in [4.69, 9.17) is 4.74 Å². The molecule has 0 heterocycles. The molecule has 0 aromatic heterocycles. The van der Waals surface area contributed by atoms with Crippen molar-refractivity contribution in [1.29, 1.82) is 0 Å². The van der Waals surface area contributed by atoms with Crippen molar-refractivity contribution in [3.63, 3.8) is 0 Å². The first-order chi connectivity index (χ1) is 7.72. The predicted molar refractivity (Wildman–Crippen MR) is 64.9 cm³/mol. The van der Waals surface area contributed by atoms with Crippen molar-refractivity contribution in [2.24, 2.45) is 0 Å². The lowest BCUT2D eigenvalue weighted by Gasteiger charge is -2.18. The van der Waals surface area contributed by atoms with Crippen molar-refractivity contribution in [2.75, 3.05) is 19.7 Å². The van der Waals surface area contributed by atoms with Crippen LogP contribution in [0.1, 0.15) is 31.1 Å². The van der Waals surface area contributed by atoms with Crippen molar-refractivity contribution in [3.05, 3.63) is 29.8 Å². The molecule has 0 aliphatic rings. The van der Waals surface area contributed by atoms with Gasteiger partial charge in [-0.15, -0.1) is 0 Å². The zero-order valence-corrected chi connectivity index (χ0v) is 10.2. The van der Waals surface area contributed by atoms with Gasteiger partial charge < -0.3 is 9.64 Å². The summed E-state index contributed by atoms with van der Waals surface area (Å²) in [6.45, 7) is 7.96. The number of nitrogens with zero attached hydrogens (tertiary/aromatic N) is 1. The summed E-state index contributed by atoms with van der Waals surface area (Å²) in [7, 11) is 0. The van der Waals surface area contributed by atoms with E-state index in [1.807, 2.05) is 39.0 Å². The molecule has 0 aliphatic carbocycles. The minimum Gasteiger partial charge on any atom is -0.494 e. The number of ether oxygens (including phenoxy) is 1. The van der Waals surface area contributed by atoms with E-state index in [0.717, 1.165) is 18.8 Å². The van der Waals surface area contributed by atoms with Gasteiger partial charge in [0, 0.05) is 18.7 Å². The van der Waals surface area contributed by atoms with Crippen LogP contribution in [0.2, 0.25) is 0 Å². The van der Waals surface area contributed by atoms with Crippen LogP contribution in [-0.2, 0) is 0 Å². The van der Waals surface area contributed by atoms with Crippen LogP contribution >= 0.6 is 0 Å². The maximum absolute atomic E-state index is 12.0. The molecule has 1 aromatic carbocycles. The molecule has 16 heavy (non-hydrogen) atoms. The van der Waals surface area contributed by atoms with Gasteiger partial charge in [-0.05, 0) is 39.0 Å². The van der Waals surface area contributed by atoms with E-state index in [-0.39, 0.29) is 5.91 Å². The zero-order valence-electron chi connectivity index (χ0n) is 10.2. The first kappa shape index (κ1) is 12.6. The molecular formula is C13H19NO2. The third-order valence-corrected chi connectivity index (χ3v) is 2.44. The Kier molecular flexibility index (Phi) is 4.83. The lowest BCUT2D eigenvalue weighted by atomic mass is 10.2. The topological polar surface area (TPSA) is 29.5 Å². The summed E-state index contributed by atoms with van der Waals surface area (Å²) in [4.78, 5) is 13.8. The molecule has 3 nitrogen and oxygen atoms in total. The van der Waals surface area contributed by atoms with E-state index in [1.54, 1.807) is 11.0 Å². The standard InChI is InChI=1S/C13H19NO2/c1-4-14(5-2)13(15)11-8-7-9-12(10-11)16-6-3/h7-10H,4-6H2,1-3H3. The smallest absolute Gasteiger partial charge is 0.253 e. The van der Waals surface area contributed by atoms with Crippen LogP contribution in [-0.4, -0.2) is 30.5 Å². The average Bonchev–Trinajstić information content (AvgIpc) is 2.31. The minimum atomic E-state index is 0.0616. The van der Waals surface area contributed by atoms with Gasteiger partial charge in [0.2, 0.25) is 0 Å². The van der Waals surface area contributed by atoms with Gasteiger partial charge in [-0.1, -0.05) is 6.07 Å².